The average Bonchev–Trinajstić information content (AvgIpc) is 3.46. The zero-order valence-electron chi connectivity index (χ0n) is 18.2. The first-order valence-electron chi connectivity index (χ1n) is 10.1. The summed E-state index contributed by atoms with van der Waals surface area (Å²) in [5.74, 6) is -0.248. The highest BCUT2D eigenvalue weighted by Crippen LogP contribution is 2.41. The number of aromatic amines is 1. The molecule has 13 nitrogen and oxygen atoms in total. The number of rotatable bonds is 9. The van der Waals surface area contributed by atoms with Crippen LogP contribution in [0, 0.1) is 0 Å². The van der Waals surface area contributed by atoms with Gasteiger partial charge in [-0.15, -0.1) is 10.2 Å². The Bertz CT molecular complexity index is 1620. The molecule has 0 bridgehead atoms. The molecule has 9 N–H and O–H groups in total. The molecule has 18 heteroatoms. The third-order valence-electron chi connectivity index (χ3n) is 5.15. The van der Waals surface area contributed by atoms with E-state index in [1.54, 1.807) is 18.2 Å². The van der Waals surface area contributed by atoms with Crippen LogP contribution in [0.2, 0.25) is 0 Å². The molecule has 192 valence electrons. The van der Waals surface area contributed by atoms with Crippen molar-refractivity contribution in [2.45, 2.75) is 28.7 Å². The van der Waals surface area contributed by atoms with E-state index in [2.05, 4.69) is 36.1 Å². The van der Waals surface area contributed by atoms with E-state index in [9.17, 15) is 25.6 Å². The number of quaternary nitrogens is 1. The van der Waals surface area contributed by atoms with E-state index in [0.29, 0.717) is 15.8 Å². The van der Waals surface area contributed by atoms with Gasteiger partial charge in [0.2, 0.25) is 25.9 Å². The van der Waals surface area contributed by atoms with Gasteiger partial charge in [0.05, 0.1) is 15.8 Å². The fourth-order valence-corrected chi connectivity index (χ4v) is 6.95. The van der Waals surface area contributed by atoms with E-state index in [4.69, 9.17) is 10.9 Å². The number of hydrogen-bond acceptors (Lipinski definition) is 10. The highest BCUT2D eigenvalue weighted by molar-refractivity contribution is 7.92. The largest absolute Gasteiger partial charge is 0.375 e. The summed E-state index contributed by atoms with van der Waals surface area (Å²) in [7, 11) is -9.27. The highest BCUT2D eigenvalue weighted by atomic mass is 32.2. The van der Waals surface area contributed by atoms with Crippen molar-refractivity contribution in [1.29, 1.82) is 0 Å². The molecule has 4 aromatic rings. The van der Waals surface area contributed by atoms with Gasteiger partial charge in [0.1, 0.15) is 15.8 Å². The van der Waals surface area contributed by atoms with Gasteiger partial charge in [-0.1, -0.05) is 29.5 Å². The van der Waals surface area contributed by atoms with Crippen molar-refractivity contribution in [3.8, 4) is 22.5 Å². The molecule has 0 saturated heterocycles. The number of halogens is 2. The summed E-state index contributed by atoms with van der Waals surface area (Å²) >= 11 is 1.20. The average molecular weight is 561 g/mol. The number of nitrogens with one attached hydrogen (secondary N) is 2. The summed E-state index contributed by atoms with van der Waals surface area (Å²) in [6.07, 6.45) is -3.04. The second-order valence-corrected chi connectivity index (χ2v) is 11.9. The van der Waals surface area contributed by atoms with E-state index in [0.717, 1.165) is 6.07 Å². The van der Waals surface area contributed by atoms with E-state index in [1.165, 1.54) is 17.4 Å². The summed E-state index contributed by atoms with van der Waals surface area (Å²) in [5, 5.41) is 19.1. The lowest BCUT2D eigenvalue weighted by atomic mass is 9.98. The third-order valence-corrected chi connectivity index (χ3v) is 8.63. The van der Waals surface area contributed by atoms with Gasteiger partial charge in [-0.2, -0.15) is 5.21 Å². The number of thiazole rings is 1. The Kier molecular flexibility index (Phi) is 6.99. The number of primary sulfonamides is 1. The minimum atomic E-state index is -4.72. The van der Waals surface area contributed by atoms with Crippen LogP contribution in [0.25, 0.3) is 32.7 Å². The standard InChI is InChI=1S/C18H19F2N9O4S3/c19-16(20)10(21)6-7-24-36(32,33)12-5-4-8(9-2-1-3-11-14(9)25-18(22)34-11)13(15(12)35(23,30)31)17-26-28-29-27-17/h1-5,10,16,24H,6-7,21H2,(H2,22,25)(H2,23,30,31)(H,26,27,28,29)/p+1. The minimum Gasteiger partial charge on any atom is -0.375 e. The second kappa shape index (κ2) is 9.71. The number of hydrogen-bond donors (Lipinski definition) is 5. The van der Waals surface area contributed by atoms with Crippen molar-refractivity contribution in [2.75, 3.05) is 12.3 Å². The number of tetrazole rings is 1. The molecule has 2 heterocycles. The second-order valence-electron chi connectivity index (χ2n) is 7.58. The minimum absolute atomic E-state index is 0.200. The summed E-state index contributed by atoms with van der Waals surface area (Å²) in [6, 6.07) is 6.16. The number of H-pyrrole nitrogens is 1. The fourth-order valence-electron chi connectivity index (χ4n) is 3.54. The first-order valence-corrected chi connectivity index (χ1v) is 13.9. The molecule has 36 heavy (non-hydrogen) atoms. The SMILES string of the molecule is Nc1nc2c(-c3ccc(S(=O)(=O)NCCC([NH3+])C(F)F)c(S(N)(=O)=O)c3-c3nn[nH]n3)cccc2s1. The van der Waals surface area contributed by atoms with Crippen LogP contribution in [-0.2, 0) is 20.0 Å². The van der Waals surface area contributed by atoms with Crippen molar-refractivity contribution in [3.05, 3.63) is 30.3 Å². The number of sulfonamides is 2. The Morgan fingerprint density at radius 2 is 1.89 bits per heavy atom. The molecule has 4 rings (SSSR count). The van der Waals surface area contributed by atoms with Crippen LogP contribution in [0.3, 0.4) is 0 Å². The van der Waals surface area contributed by atoms with Crippen LogP contribution < -0.4 is 21.3 Å². The van der Waals surface area contributed by atoms with Gasteiger partial charge in [-0.05, 0) is 22.9 Å². The number of anilines is 1. The zero-order valence-corrected chi connectivity index (χ0v) is 20.7. The fraction of sp³-hybridized carbons (Fsp3) is 0.222. The molecule has 0 amide bonds. The molecule has 1 unspecified atom stereocenters. The summed E-state index contributed by atoms with van der Waals surface area (Å²) in [6.45, 7) is -0.415. The van der Waals surface area contributed by atoms with Gasteiger partial charge < -0.3 is 11.5 Å². The van der Waals surface area contributed by atoms with E-state index >= 15 is 0 Å². The molecular weight excluding hydrogens is 540 g/mol. The van der Waals surface area contributed by atoms with Gasteiger partial charge in [0, 0.05) is 18.5 Å². The molecule has 1 atom stereocenters. The van der Waals surface area contributed by atoms with Gasteiger partial charge >= 0.3 is 0 Å². The van der Waals surface area contributed by atoms with Crippen molar-refractivity contribution in [3.63, 3.8) is 0 Å². The summed E-state index contributed by atoms with van der Waals surface area (Å²) in [4.78, 5) is 2.79. The summed E-state index contributed by atoms with van der Waals surface area (Å²) < 4.78 is 80.1. The number of nitrogens with zero attached hydrogens (tertiary/aromatic N) is 4. The summed E-state index contributed by atoms with van der Waals surface area (Å²) in [5.41, 5.74) is 9.93. The van der Waals surface area contributed by atoms with Crippen LogP contribution in [0.4, 0.5) is 13.9 Å². The number of aromatic nitrogens is 5. The van der Waals surface area contributed by atoms with Crippen molar-refractivity contribution in [2.24, 2.45) is 5.14 Å². The molecule has 2 aromatic carbocycles. The Balaban J connectivity index is 1.96. The van der Waals surface area contributed by atoms with Crippen LogP contribution in [0.15, 0.2) is 40.1 Å². The molecule has 0 fully saturated rings. The Labute approximate surface area is 207 Å². The maximum absolute atomic E-state index is 13.1. The molecule has 2 aromatic heterocycles. The van der Waals surface area contributed by atoms with Crippen molar-refractivity contribution in [1.82, 2.24) is 30.3 Å². The Morgan fingerprint density at radius 1 is 1.14 bits per heavy atom. The number of alkyl halides is 2. The monoisotopic (exact) mass is 560 g/mol. The zero-order chi connectivity index (χ0) is 26.3. The quantitative estimate of drug-likeness (QED) is 0.184. The smallest absolute Gasteiger partial charge is 0.289 e. The predicted molar refractivity (Wildman–Crippen MR) is 126 cm³/mol. The van der Waals surface area contributed by atoms with Gasteiger partial charge in [-0.3, -0.25) is 0 Å². The maximum Gasteiger partial charge on any atom is 0.289 e. The molecule has 0 aliphatic carbocycles. The van der Waals surface area contributed by atoms with Crippen LogP contribution in [0.1, 0.15) is 6.42 Å². The maximum atomic E-state index is 13.1. The molecule has 0 aliphatic heterocycles. The number of fused-ring (bicyclic) bond motifs is 1. The Hall–Kier alpha value is -3.16. The van der Waals surface area contributed by atoms with E-state index in [-0.39, 0.29) is 28.5 Å². The third kappa shape index (κ3) is 5.04. The topological polar surface area (TPSA) is 227 Å². The van der Waals surface area contributed by atoms with Gasteiger partial charge in [-0.25, -0.2) is 40.5 Å². The Morgan fingerprint density at radius 3 is 2.53 bits per heavy atom. The molecule has 0 spiro atoms. The molecule has 0 aliphatic rings. The normalized spacial score (nSPS) is 13.5. The lowest BCUT2D eigenvalue weighted by Gasteiger charge is -2.17. The van der Waals surface area contributed by atoms with E-state index < -0.39 is 48.8 Å². The van der Waals surface area contributed by atoms with Gasteiger partial charge in [0.25, 0.3) is 6.43 Å². The van der Waals surface area contributed by atoms with Crippen molar-refractivity contribution < 1.29 is 31.4 Å². The first kappa shape index (κ1) is 25.9. The number of nitrogens with two attached hydrogens (primary N) is 2. The highest BCUT2D eigenvalue weighted by Gasteiger charge is 2.33. The van der Waals surface area contributed by atoms with Crippen molar-refractivity contribution >= 4 is 46.7 Å². The first-order chi connectivity index (χ1) is 16.9. The lowest BCUT2D eigenvalue weighted by molar-refractivity contribution is -0.443. The molecule has 0 saturated carbocycles. The number of nitrogen functional groups attached to an aromatic ring is 1. The van der Waals surface area contributed by atoms with Crippen LogP contribution in [-0.4, -0.2) is 61.5 Å². The van der Waals surface area contributed by atoms with Crippen LogP contribution >= 0.6 is 11.3 Å². The van der Waals surface area contributed by atoms with E-state index in [1.807, 2.05) is 0 Å². The number of para-hydroxylation sites is 1. The molecule has 0 radical (unpaired) electrons. The predicted octanol–water partition coefficient (Wildman–Crippen LogP) is -0.0830. The lowest BCUT2D eigenvalue weighted by Crippen LogP contribution is -2.65. The molecular formula is C18H20F2N9O4S3+. The number of benzene rings is 2. The van der Waals surface area contributed by atoms with Gasteiger partial charge in [0.15, 0.2) is 5.13 Å². The van der Waals surface area contributed by atoms with Crippen LogP contribution in [0.5, 0.6) is 0 Å².